The molecule has 0 bridgehead atoms. The van der Waals surface area contributed by atoms with Crippen LogP contribution in [0.3, 0.4) is 0 Å². The molecule has 1 atom stereocenters. The van der Waals surface area contributed by atoms with Crippen molar-refractivity contribution in [2.45, 2.75) is 44.2 Å². The predicted octanol–water partition coefficient (Wildman–Crippen LogP) is 2.15. The number of carbonyl (C=O) groups is 1. The molecule has 1 aromatic carbocycles. The zero-order valence-corrected chi connectivity index (χ0v) is 12.9. The minimum Gasteiger partial charge on any atom is -0.493 e. The average Bonchev–Trinajstić information content (AvgIpc) is 2.94. The van der Waals surface area contributed by atoms with Crippen LogP contribution in [0.1, 0.15) is 44.2 Å². The predicted molar refractivity (Wildman–Crippen MR) is 81.5 cm³/mol. The lowest BCUT2D eigenvalue weighted by Crippen LogP contribution is -2.52. The van der Waals surface area contributed by atoms with E-state index in [1.54, 1.807) is 14.2 Å². The van der Waals surface area contributed by atoms with Crippen LogP contribution in [0.4, 0.5) is 0 Å². The zero-order chi connectivity index (χ0) is 15.5. The number of hydrogen-bond acceptors (Lipinski definition) is 4. The molecule has 5 nitrogen and oxygen atoms in total. The van der Waals surface area contributed by atoms with E-state index in [2.05, 4.69) is 5.32 Å². The van der Waals surface area contributed by atoms with Crippen LogP contribution in [0.5, 0.6) is 11.5 Å². The summed E-state index contributed by atoms with van der Waals surface area (Å²) in [7, 11) is 3.19. The summed E-state index contributed by atoms with van der Waals surface area (Å²) in [6, 6.07) is 5.51. The first-order valence-electron chi connectivity index (χ1n) is 7.32. The van der Waals surface area contributed by atoms with Gasteiger partial charge in [-0.05, 0) is 37.5 Å². The second kappa shape index (κ2) is 6.35. The molecule has 0 radical (unpaired) electrons. The highest BCUT2D eigenvalue weighted by atomic mass is 16.5. The fraction of sp³-hybridized carbons (Fsp3) is 0.562. The van der Waals surface area contributed by atoms with Crippen molar-refractivity contribution in [1.82, 2.24) is 5.32 Å². The number of amides is 1. The third kappa shape index (κ3) is 3.29. The molecule has 1 aliphatic carbocycles. The van der Waals surface area contributed by atoms with Crippen LogP contribution < -0.4 is 20.5 Å². The maximum absolute atomic E-state index is 12.3. The summed E-state index contributed by atoms with van der Waals surface area (Å²) < 4.78 is 10.5. The van der Waals surface area contributed by atoms with Crippen LogP contribution >= 0.6 is 0 Å². The highest BCUT2D eigenvalue weighted by Crippen LogP contribution is 2.31. The number of methoxy groups -OCH3 is 2. The monoisotopic (exact) mass is 292 g/mol. The Morgan fingerprint density at radius 2 is 1.86 bits per heavy atom. The van der Waals surface area contributed by atoms with Gasteiger partial charge in [0.15, 0.2) is 11.5 Å². The average molecular weight is 292 g/mol. The van der Waals surface area contributed by atoms with Crippen molar-refractivity contribution in [3.63, 3.8) is 0 Å². The molecule has 1 aliphatic rings. The molecule has 1 saturated carbocycles. The number of hydrogen-bond donors (Lipinski definition) is 2. The van der Waals surface area contributed by atoms with Crippen LogP contribution in [0.15, 0.2) is 18.2 Å². The molecule has 0 saturated heterocycles. The van der Waals surface area contributed by atoms with E-state index in [9.17, 15) is 4.79 Å². The molecule has 116 valence electrons. The van der Waals surface area contributed by atoms with Gasteiger partial charge in [0.2, 0.25) is 5.91 Å². The Kier molecular flexibility index (Phi) is 4.73. The highest BCUT2D eigenvalue weighted by Gasteiger charge is 2.37. The minimum absolute atomic E-state index is 0.0673. The molecule has 1 fully saturated rings. The summed E-state index contributed by atoms with van der Waals surface area (Å²) in [6.07, 6.45) is 3.57. The van der Waals surface area contributed by atoms with Crippen LogP contribution in [0, 0.1) is 0 Å². The van der Waals surface area contributed by atoms with Crippen molar-refractivity contribution in [3.8, 4) is 11.5 Å². The number of ether oxygens (including phenoxy) is 2. The molecular weight excluding hydrogens is 268 g/mol. The molecule has 0 spiro atoms. The molecule has 1 amide bonds. The minimum atomic E-state index is -0.704. The molecule has 1 aromatic rings. The number of nitrogens with one attached hydrogen (secondary N) is 1. The number of carbonyl (C=O) groups excluding carboxylic acids is 1. The smallest absolute Gasteiger partial charge is 0.240 e. The van der Waals surface area contributed by atoms with Crippen molar-refractivity contribution in [2.75, 3.05) is 14.2 Å². The zero-order valence-electron chi connectivity index (χ0n) is 12.9. The summed E-state index contributed by atoms with van der Waals surface area (Å²) >= 11 is 0. The maximum atomic E-state index is 12.3. The molecular formula is C16H24N2O3. The van der Waals surface area contributed by atoms with Gasteiger partial charge >= 0.3 is 0 Å². The first-order chi connectivity index (χ1) is 10.00. The lowest BCUT2D eigenvalue weighted by atomic mass is 9.97. The normalized spacial score (nSPS) is 18.1. The Labute approximate surface area is 125 Å². The van der Waals surface area contributed by atoms with E-state index in [0.717, 1.165) is 31.2 Å². The SMILES string of the molecule is COc1ccc(C(C)NC(=O)C2(N)CCCC2)cc1OC. The van der Waals surface area contributed by atoms with Crippen molar-refractivity contribution in [2.24, 2.45) is 5.73 Å². The van der Waals surface area contributed by atoms with E-state index in [4.69, 9.17) is 15.2 Å². The summed E-state index contributed by atoms with van der Waals surface area (Å²) in [5.41, 5.74) is 6.43. The van der Waals surface area contributed by atoms with Crippen LogP contribution in [-0.4, -0.2) is 25.7 Å². The summed E-state index contributed by atoms with van der Waals surface area (Å²) in [5, 5.41) is 3.01. The summed E-state index contributed by atoms with van der Waals surface area (Å²) in [5.74, 6) is 1.26. The Bertz CT molecular complexity index is 510. The first kappa shape index (κ1) is 15.6. The van der Waals surface area contributed by atoms with Gasteiger partial charge in [-0.3, -0.25) is 4.79 Å². The lowest BCUT2D eigenvalue weighted by molar-refractivity contribution is -0.126. The molecule has 0 aromatic heterocycles. The van der Waals surface area contributed by atoms with Crippen molar-refractivity contribution in [1.29, 1.82) is 0 Å². The van der Waals surface area contributed by atoms with E-state index in [1.165, 1.54) is 0 Å². The van der Waals surface area contributed by atoms with Crippen molar-refractivity contribution < 1.29 is 14.3 Å². The van der Waals surface area contributed by atoms with E-state index in [0.29, 0.717) is 11.5 Å². The summed E-state index contributed by atoms with van der Waals surface area (Å²) in [6.45, 7) is 1.94. The maximum Gasteiger partial charge on any atom is 0.240 e. The second-order valence-electron chi connectivity index (χ2n) is 5.67. The third-order valence-electron chi connectivity index (χ3n) is 4.20. The van der Waals surface area contributed by atoms with Gasteiger partial charge in [0, 0.05) is 0 Å². The van der Waals surface area contributed by atoms with Gasteiger partial charge in [-0.1, -0.05) is 18.9 Å². The molecule has 0 aliphatic heterocycles. The quantitative estimate of drug-likeness (QED) is 0.872. The van der Waals surface area contributed by atoms with E-state index >= 15 is 0 Å². The lowest BCUT2D eigenvalue weighted by Gasteiger charge is -2.25. The van der Waals surface area contributed by atoms with Gasteiger partial charge in [-0.2, -0.15) is 0 Å². The molecule has 2 rings (SSSR count). The van der Waals surface area contributed by atoms with E-state index < -0.39 is 5.54 Å². The highest BCUT2D eigenvalue weighted by molar-refractivity contribution is 5.86. The fourth-order valence-electron chi connectivity index (χ4n) is 2.78. The van der Waals surface area contributed by atoms with E-state index in [1.807, 2.05) is 25.1 Å². The van der Waals surface area contributed by atoms with Gasteiger partial charge in [0.1, 0.15) is 0 Å². The van der Waals surface area contributed by atoms with Crippen LogP contribution in [0.2, 0.25) is 0 Å². The number of nitrogens with two attached hydrogens (primary N) is 1. The molecule has 1 unspecified atom stereocenters. The van der Waals surface area contributed by atoms with Gasteiger partial charge in [0.05, 0.1) is 25.8 Å². The van der Waals surface area contributed by atoms with Crippen LogP contribution in [-0.2, 0) is 4.79 Å². The summed E-state index contributed by atoms with van der Waals surface area (Å²) in [4.78, 5) is 12.3. The van der Waals surface area contributed by atoms with Gasteiger partial charge in [0.25, 0.3) is 0 Å². The van der Waals surface area contributed by atoms with Gasteiger partial charge in [-0.25, -0.2) is 0 Å². The van der Waals surface area contributed by atoms with Crippen LogP contribution in [0.25, 0.3) is 0 Å². The van der Waals surface area contributed by atoms with Gasteiger partial charge < -0.3 is 20.5 Å². The first-order valence-corrected chi connectivity index (χ1v) is 7.32. The molecule has 0 heterocycles. The van der Waals surface area contributed by atoms with Crippen molar-refractivity contribution >= 4 is 5.91 Å². The topological polar surface area (TPSA) is 73.6 Å². The Morgan fingerprint density at radius 1 is 1.24 bits per heavy atom. The third-order valence-corrected chi connectivity index (χ3v) is 4.20. The Hall–Kier alpha value is -1.75. The fourth-order valence-corrected chi connectivity index (χ4v) is 2.78. The molecule has 21 heavy (non-hydrogen) atoms. The Balaban J connectivity index is 2.09. The number of benzene rings is 1. The standard InChI is InChI=1S/C16H24N2O3/c1-11(18-15(19)16(17)8-4-5-9-16)12-6-7-13(20-2)14(10-12)21-3/h6-7,10-11H,4-5,8-9,17H2,1-3H3,(H,18,19). The van der Waals surface area contributed by atoms with Gasteiger partial charge in [-0.15, -0.1) is 0 Å². The second-order valence-corrected chi connectivity index (χ2v) is 5.67. The Morgan fingerprint density at radius 3 is 2.43 bits per heavy atom. The van der Waals surface area contributed by atoms with Crippen molar-refractivity contribution in [3.05, 3.63) is 23.8 Å². The molecule has 3 N–H and O–H groups in total. The van der Waals surface area contributed by atoms with E-state index in [-0.39, 0.29) is 11.9 Å². The largest absolute Gasteiger partial charge is 0.493 e. The molecule has 5 heteroatoms. The number of rotatable bonds is 5.